The second-order valence-corrected chi connectivity index (χ2v) is 9.76. The van der Waals surface area contributed by atoms with Gasteiger partial charge in [0.2, 0.25) is 0 Å². The number of nitrogens with zero attached hydrogens (tertiary/aromatic N) is 4. The maximum Gasteiger partial charge on any atom is 0.311 e. The van der Waals surface area contributed by atoms with Crippen molar-refractivity contribution < 1.29 is 4.92 Å². The average Bonchev–Trinajstić information content (AvgIpc) is 3.32. The van der Waals surface area contributed by atoms with Crippen LogP contribution in [0.25, 0.3) is 10.2 Å². The van der Waals surface area contributed by atoms with E-state index in [-0.39, 0.29) is 29.1 Å². The topological polar surface area (TPSA) is 142 Å². The van der Waals surface area contributed by atoms with Crippen molar-refractivity contribution in [1.29, 1.82) is 10.5 Å². The number of rotatable bonds is 5. The summed E-state index contributed by atoms with van der Waals surface area (Å²) in [6.07, 6.45) is 16.9. The van der Waals surface area contributed by atoms with Gasteiger partial charge in [0.05, 0.1) is 27.3 Å². The third-order valence-electron chi connectivity index (χ3n) is 6.35. The first-order valence-electron chi connectivity index (χ1n) is 11.7. The van der Waals surface area contributed by atoms with E-state index in [1.165, 1.54) is 36.5 Å². The Kier molecular flexibility index (Phi) is 11.6. The van der Waals surface area contributed by atoms with Gasteiger partial charge in [0.1, 0.15) is 11.9 Å². The third-order valence-corrected chi connectivity index (χ3v) is 7.28. The van der Waals surface area contributed by atoms with Crippen LogP contribution in [0.1, 0.15) is 51.4 Å². The van der Waals surface area contributed by atoms with Crippen molar-refractivity contribution in [3.05, 3.63) is 52.1 Å². The molecule has 3 N–H and O–H groups in total. The van der Waals surface area contributed by atoms with Crippen LogP contribution in [-0.4, -0.2) is 22.0 Å². The van der Waals surface area contributed by atoms with Crippen LogP contribution in [0.3, 0.4) is 0 Å². The van der Waals surface area contributed by atoms with Gasteiger partial charge in [0.25, 0.3) is 0 Å². The smallest absolute Gasteiger partial charge is 0.311 e. The van der Waals surface area contributed by atoms with Gasteiger partial charge >= 0.3 is 5.69 Å². The highest BCUT2D eigenvalue weighted by Crippen LogP contribution is 2.37. The lowest BCUT2D eigenvalue weighted by molar-refractivity contribution is -0.384. The number of nitro groups is 1. The molecule has 186 valence electrons. The molecule has 0 bridgehead atoms. The molecule has 0 saturated heterocycles. The summed E-state index contributed by atoms with van der Waals surface area (Å²) >= 11 is 1.46. The molecule has 2 aromatic heterocycles. The summed E-state index contributed by atoms with van der Waals surface area (Å²) in [5.41, 5.74) is 7.15. The molecular weight excluding hydrogens is 484 g/mol. The minimum Gasteiger partial charge on any atom is -0.375 e. The van der Waals surface area contributed by atoms with Gasteiger partial charge in [-0.15, -0.1) is 23.7 Å². The van der Waals surface area contributed by atoms with Crippen LogP contribution < -0.4 is 11.1 Å². The van der Waals surface area contributed by atoms with Gasteiger partial charge in [-0.05, 0) is 61.8 Å². The fourth-order valence-corrected chi connectivity index (χ4v) is 5.57. The number of thiophene rings is 1. The zero-order valence-corrected chi connectivity index (χ0v) is 21.1. The number of hydrogen-bond acceptors (Lipinski definition) is 8. The molecule has 35 heavy (non-hydrogen) atoms. The second-order valence-electron chi connectivity index (χ2n) is 8.84. The van der Waals surface area contributed by atoms with Crippen molar-refractivity contribution >= 4 is 45.3 Å². The predicted octanol–water partition coefficient (Wildman–Crippen LogP) is 6.26. The molecule has 2 heterocycles. The van der Waals surface area contributed by atoms with E-state index in [4.69, 9.17) is 16.3 Å². The number of pyridine rings is 1. The van der Waals surface area contributed by atoms with Crippen LogP contribution in [0.5, 0.6) is 0 Å². The van der Waals surface area contributed by atoms with Gasteiger partial charge in [-0.2, -0.15) is 10.5 Å². The van der Waals surface area contributed by atoms with Crippen LogP contribution >= 0.6 is 23.7 Å². The zero-order chi connectivity index (χ0) is 24.3. The number of nitrogens with one attached hydrogen (secondary N) is 1. The van der Waals surface area contributed by atoms with Crippen LogP contribution in [-0.2, 0) is 0 Å². The third kappa shape index (κ3) is 8.32. The first-order valence-corrected chi connectivity index (χ1v) is 12.5. The standard InChI is InChI=1S/C16H16N4O2S.C9H14N2.ClH/c17-7-2-4-11-3-1-5-12(9-11)19-15-14(20(21)22)10-18-13-6-8-23-16(13)15;10-6-2-4-8-3-1-5-9(11)7-8;/h2,4,6,8,10-12H,1,3,5,9H2,(H,18,19);2,4,8-9H,1,3,5,7,11H2;1H. The minimum atomic E-state index is -0.385. The quantitative estimate of drug-likeness (QED) is 0.272. The van der Waals surface area contributed by atoms with E-state index in [0.717, 1.165) is 48.7 Å². The summed E-state index contributed by atoms with van der Waals surface area (Å²) < 4.78 is 0.828. The summed E-state index contributed by atoms with van der Waals surface area (Å²) in [5.74, 6) is 0.902. The molecule has 2 saturated carbocycles. The summed E-state index contributed by atoms with van der Waals surface area (Å²) in [4.78, 5) is 15.1. The van der Waals surface area contributed by atoms with Crippen LogP contribution in [0.2, 0.25) is 0 Å². The van der Waals surface area contributed by atoms with Gasteiger partial charge in [0.15, 0.2) is 0 Å². The van der Waals surface area contributed by atoms with Crippen molar-refractivity contribution in [3.8, 4) is 12.1 Å². The van der Waals surface area contributed by atoms with Crippen molar-refractivity contribution in [3.63, 3.8) is 0 Å². The Hall–Kier alpha value is -2.98. The first-order chi connectivity index (χ1) is 16.5. The van der Waals surface area contributed by atoms with E-state index in [0.29, 0.717) is 23.6 Å². The molecule has 0 spiro atoms. The zero-order valence-electron chi connectivity index (χ0n) is 19.5. The molecule has 0 aliphatic heterocycles. The summed E-state index contributed by atoms with van der Waals surface area (Å²) in [7, 11) is 0. The van der Waals surface area contributed by atoms with Gasteiger partial charge < -0.3 is 11.1 Å². The van der Waals surface area contributed by atoms with Gasteiger partial charge in [-0.3, -0.25) is 10.1 Å². The number of nitriles is 2. The van der Waals surface area contributed by atoms with Gasteiger partial charge in [-0.1, -0.05) is 25.0 Å². The van der Waals surface area contributed by atoms with E-state index < -0.39 is 0 Å². The van der Waals surface area contributed by atoms with E-state index in [9.17, 15) is 10.1 Å². The number of allylic oxidation sites excluding steroid dienone is 4. The molecule has 4 unspecified atom stereocenters. The van der Waals surface area contributed by atoms with E-state index in [1.807, 2.05) is 35.7 Å². The van der Waals surface area contributed by atoms with Crippen LogP contribution in [0, 0.1) is 44.6 Å². The Labute approximate surface area is 216 Å². The van der Waals surface area contributed by atoms with Crippen LogP contribution in [0.4, 0.5) is 11.4 Å². The molecule has 2 aliphatic rings. The largest absolute Gasteiger partial charge is 0.375 e. The van der Waals surface area contributed by atoms with Gasteiger partial charge in [0, 0.05) is 24.2 Å². The maximum atomic E-state index is 11.3. The molecule has 0 aromatic carbocycles. The Bertz CT molecular complexity index is 1120. The lowest BCUT2D eigenvalue weighted by Gasteiger charge is -2.28. The number of fused-ring (bicyclic) bond motifs is 1. The van der Waals surface area contributed by atoms with Crippen LogP contribution in [0.15, 0.2) is 41.9 Å². The molecule has 10 heteroatoms. The SMILES string of the molecule is Cl.N#CC=CC1CCCC(N)C1.N#CC=CC1CCCC(Nc2c([N+](=O)[O-])cnc3ccsc23)C1. The van der Waals surface area contributed by atoms with Crippen molar-refractivity contribution in [2.75, 3.05) is 5.32 Å². The monoisotopic (exact) mass is 514 g/mol. The van der Waals surface area contributed by atoms with E-state index in [2.05, 4.69) is 10.3 Å². The minimum absolute atomic E-state index is 0. The number of anilines is 1. The molecule has 0 radical (unpaired) electrons. The lowest BCUT2D eigenvalue weighted by Crippen LogP contribution is -2.27. The number of nitrogens with two attached hydrogens (primary N) is 1. The number of hydrogen-bond donors (Lipinski definition) is 2. The van der Waals surface area contributed by atoms with E-state index >= 15 is 0 Å². The molecule has 8 nitrogen and oxygen atoms in total. The molecule has 4 atom stereocenters. The molecule has 2 aromatic rings. The Morgan fingerprint density at radius 3 is 2.40 bits per heavy atom. The van der Waals surface area contributed by atoms with E-state index in [1.54, 1.807) is 6.08 Å². The molecule has 2 fully saturated rings. The Morgan fingerprint density at radius 2 is 1.77 bits per heavy atom. The number of aromatic nitrogens is 1. The Morgan fingerprint density at radius 1 is 1.11 bits per heavy atom. The summed E-state index contributed by atoms with van der Waals surface area (Å²) in [6, 6.07) is 6.43. The maximum absolute atomic E-state index is 11.3. The fraction of sp³-hybridized carbons (Fsp3) is 0.480. The highest BCUT2D eigenvalue weighted by molar-refractivity contribution is 7.17. The first kappa shape index (κ1) is 28.3. The molecular formula is C25H31ClN6O2S. The lowest BCUT2D eigenvalue weighted by atomic mass is 9.85. The average molecular weight is 515 g/mol. The Balaban J connectivity index is 0.000000305. The predicted molar refractivity (Wildman–Crippen MR) is 142 cm³/mol. The van der Waals surface area contributed by atoms with Crippen molar-refractivity contribution in [2.45, 2.75) is 63.5 Å². The summed E-state index contributed by atoms with van der Waals surface area (Å²) in [6.45, 7) is 0. The summed E-state index contributed by atoms with van der Waals surface area (Å²) in [5, 5.41) is 33.5. The molecule has 0 amide bonds. The normalized spacial score (nSPS) is 24.1. The number of halogens is 1. The van der Waals surface area contributed by atoms with Crippen molar-refractivity contribution in [2.24, 2.45) is 17.6 Å². The fourth-order valence-electron chi connectivity index (χ4n) is 4.72. The molecule has 4 rings (SSSR count). The highest BCUT2D eigenvalue weighted by Gasteiger charge is 2.25. The molecule has 2 aliphatic carbocycles. The highest BCUT2D eigenvalue weighted by atomic mass is 35.5. The second kappa shape index (κ2) is 14.4. The van der Waals surface area contributed by atoms with Crippen molar-refractivity contribution in [1.82, 2.24) is 4.98 Å². The van der Waals surface area contributed by atoms with Gasteiger partial charge in [-0.25, -0.2) is 4.98 Å².